The second-order valence-electron chi connectivity index (χ2n) is 10.9. The van der Waals surface area contributed by atoms with Gasteiger partial charge in [0.05, 0.1) is 29.7 Å². The molecule has 0 aromatic carbocycles. The Bertz CT molecular complexity index is 1170. The molecule has 2 aliphatic rings. The van der Waals surface area contributed by atoms with Gasteiger partial charge in [-0.25, -0.2) is 4.79 Å². The number of amides is 2. The van der Waals surface area contributed by atoms with Crippen molar-refractivity contribution in [3.8, 4) is 0 Å². The van der Waals surface area contributed by atoms with Gasteiger partial charge in [0.25, 0.3) is 5.91 Å². The van der Waals surface area contributed by atoms with Gasteiger partial charge in [-0.05, 0) is 51.0 Å². The van der Waals surface area contributed by atoms with E-state index in [1.54, 1.807) is 32.1 Å². The minimum Gasteiger partial charge on any atom is -0.439 e. The van der Waals surface area contributed by atoms with E-state index in [2.05, 4.69) is 17.2 Å². The first-order valence-electron chi connectivity index (χ1n) is 14.1. The molecule has 11 heteroatoms. The van der Waals surface area contributed by atoms with Crippen molar-refractivity contribution in [1.29, 1.82) is 0 Å². The second kappa shape index (κ2) is 16.2. The van der Waals surface area contributed by atoms with E-state index < -0.39 is 53.9 Å². The molecule has 1 aliphatic carbocycles. The molecule has 2 bridgehead atoms. The molecule has 0 aromatic heterocycles. The van der Waals surface area contributed by atoms with E-state index in [4.69, 9.17) is 19.9 Å². The van der Waals surface area contributed by atoms with Gasteiger partial charge in [0, 0.05) is 43.9 Å². The molecule has 2 amide bonds. The number of ether oxygens (including phenoxy) is 3. The van der Waals surface area contributed by atoms with Gasteiger partial charge in [-0.2, -0.15) is 0 Å². The van der Waals surface area contributed by atoms with Crippen molar-refractivity contribution in [2.24, 2.45) is 17.6 Å². The van der Waals surface area contributed by atoms with Crippen LogP contribution in [0.2, 0.25) is 0 Å². The van der Waals surface area contributed by atoms with Gasteiger partial charge in [0.2, 0.25) is 11.6 Å². The van der Waals surface area contributed by atoms with E-state index in [0.29, 0.717) is 30.4 Å². The highest BCUT2D eigenvalue weighted by molar-refractivity contribution is 6.23. The fourth-order valence-corrected chi connectivity index (χ4v) is 5.26. The smallest absolute Gasteiger partial charge is 0.405 e. The summed E-state index contributed by atoms with van der Waals surface area (Å²) in [5.74, 6) is -2.03. The Morgan fingerprint density at radius 1 is 1.19 bits per heavy atom. The number of Topliss-reactive ketones (excluding diaryl/α,β-unsaturated/α-hetero) is 1. The average Bonchev–Trinajstić information content (AvgIpc) is 2.94. The predicted octanol–water partition coefficient (Wildman–Crippen LogP) is 2.76. The summed E-state index contributed by atoms with van der Waals surface area (Å²) in [6.45, 7) is 11.0. The van der Waals surface area contributed by atoms with Crippen LogP contribution >= 0.6 is 0 Å². The fourth-order valence-electron chi connectivity index (χ4n) is 5.26. The zero-order valence-corrected chi connectivity index (χ0v) is 25.4. The minimum atomic E-state index is -0.967. The van der Waals surface area contributed by atoms with Crippen LogP contribution in [0.25, 0.3) is 0 Å². The summed E-state index contributed by atoms with van der Waals surface area (Å²) in [6, 6.07) is 0. The SMILES string of the molecule is C=CCNC1=C2CC(C)CC(OC)C(O)C(C)/C=C(/C)C(OC(N)=O)C(OC)CC/C=C(/C)C(=O)NC(=CC1=O)C2=O. The maximum atomic E-state index is 13.6. The molecule has 6 unspecified atom stereocenters. The molecule has 42 heavy (non-hydrogen) atoms. The number of carbonyl (C=O) groups is 4. The number of nitrogens with two attached hydrogens (primary N) is 1. The highest BCUT2D eigenvalue weighted by atomic mass is 16.6. The number of aliphatic hydroxyl groups excluding tert-OH is 1. The lowest BCUT2D eigenvalue weighted by Crippen LogP contribution is -2.38. The third-order valence-electron chi connectivity index (χ3n) is 7.54. The molecule has 0 fully saturated rings. The molecule has 1 aliphatic heterocycles. The average molecular weight is 588 g/mol. The van der Waals surface area contributed by atoms with E-state index >= 15 is 0 Å². The van der Waals surface area contributed by atoms with Gasteiger partial charge >= 0.3 is 6.09 Å². The van der Waals surface area contributed by atoms with Gasteiger partial charge < -0.3 is 35.7 Å². The van der Waals surface area contributed by atoms with Gasteiger partial charge in [0.15, 0.2) is 6.10 Å². The van der Waals surface area contributed by atoms with Crippen molar-refractivity contribution in [3.63, 3.8) is 0 Å². The van der Waals surface area contributed by atoms with Gasteiger partial charge in [0.1, 0.15) is 0 Å². The van der Waals surface area contributed by atoms with Gasteiger partial charge in [-0.3, -0.25) is 14.4 Å². The standard InChI is InChI=1S/C31H45N3O8/c1-8-12-33-26-21-13-17(2)14-25(41-7)27(36)19(4)15-20(5)29(42-31(32)39)24(40-6)11-9-10-18(3)30(38)34-22(28(21)37)16-23(26)35/h8,10,15-17,19,24-25,27,29,33,36H,1,9,11-14H2,2-7H3,(H2,32,39)(H,34,38)/b18-10-,20-15-. The zero-order chi connectivity index (χ0) is 31.6. The van der Waals surface area contributed by atoms with Crippen LogP contribution in [0.3, 0.4) is 0 Å². The van der Waals surface area contributed by atoms with Crippen LogP contribution < -0.4 is 16.4 Å². The lowest BCUT2D eigenvalue weighted by molar-refractivity contribution is -0.120. The van der Waals surface area contributed by atoms with Gasteiger partial charge in [-0.1, -0.05) is 32.1 Å². The lowest BCUT2D eigenvalue weighted by atomic mass is 9.85. The number of methoxy groups -OCH3 is 2. The van der Waals surface area contributed by atoms with Crippen LogP contribution in [-0.2, 0) is 28.6 Å². The number of hydrogen-bond donors (Lipinski definition) is 4. The quantitative estimate of drug-likeness (QED) is 0.270. The van der Waals surface area contributed by atoms with Crippen molar-refractivity contribution >= 4 is 23.6 Å². The molecule has 0 aromatic rings. The van der Waals surface area contributed by atoms with Crippen LogP contribution in [0.4, 0.5) is 4.79 Å². The molecular weight excluding hydrogens is 542 g/mol. The van der Waals surface area contributed by atoms with Gasteiger partial charge in [-0.15, -0.1) is 6.58 Å². The number of rotatable bonds is 6. The van der Waals surface area contributed by atoms with Crippen LogP contribution in [0.5, 0.6) is 0 Å². The first-order chi connectivity index (χ1) is 19.8. The maximum absolute atomic E-state index is 13.6. The topological polar surface area (TPSA) is 166 Å². The molecule has 1 heterocycles. The highest BCUT2D eigenvalue weighted by Gasteiger charge is 2.33. The van der Waals surface area contributed by atoms with Crippen molar-refractivity contribution in [2.45, 2.75) is 77.8 Å². The summed E-state index contributed by atoms with van der Waals surface area (Å²) in [5.41, 5.74) is 6.63. The second-order valence-corrected chi connectivity index (χ2v) is 10.9. The number of carbonyl (C=O) groups excluding carboxylic acids is 4. The Hall–Kier alpha value is -3.54. The van der Waals surface area contributed by atoms with Crippen molar-refractivity contribution in [3.05, 3.63) is 59.0 Å². The molecule has 232 valence electrons. The Morgan fingerprint density at radius 2 is 1.86 bits per heavy atom. The monoisotopic (exact) mass is 587 g/mol. The summed E-state index contributed by atoms with van der Waals surface area (Å²) in [4.78, 5) is 51.4. The number of nitrogens with one attached hydrogen (secondary N) is 2. The summed E-state index contributed by atoms with van der Waals surface area (Å²) in [7, 11) is 2.98. The molecular formula is C31H45N3O8. The maximum Gasteiger partial charge on any atom is 0.405 e. The summed E-state index contributed by atoms with van der Waals surface area (Å²) in [6.07, 6.45) is 3.53. The van der Waals surface area contributed by atoms with Crippen molar-refractivity contribution in [2.75, 3.05) is 20.8 Å². The summed E-state index contributed by atoms with van der Waals surface area (Å²) in [5, 5.41) is 16.8. The van der Waals surface area contributed by atoms with Crippen LogP contribution in [0, 0.1) is 11.8 Å². The third kappa shape index (κ3) is 9.23. The number of hydrogen-bond acceptors (Lipinski definition) is 9. The van der Waals surface area contributed by atoms with Crippen LogP contribution in [-0.4, -0.2) is 73.9 Å². The van der Waals surface area contributed by atoms with E-state index in [1.807, 2.05) is 13.8 Å². The number of fused-ring (bicyclic) bond motifs is 2. The number of primary amides is 1. The van der Waals surface area contributed by atoms with E-state index in [-0.39, 0.29) is 35.9 Å². The number of allylic oxidation sites excluding steroid dienone is 3. The Morgan fingerprint density at radius 3 is 2.45 bits per heavy atom. The Labute approximate surface area is 247 Å². The number of ketones is 2. The minimum absolute atomic E-state index is 0.108. The molecule has 0 saturated heterocycles. The fraction of sp³-hybridized carbons (Fsp3) is 0.548. The molecule has 5 N–H and O–H groups in total. The first kappa shape index (κ1) is 34.7. The van der Waals surface area contributed by atoms with Crippen molar-refractivity contribution in [1.82, 2.24) is 10.6 Å². The molecule has 0 radical (unpaired) electrons. The molecule has 11 nitrogen and oxygen atoms in total. The van der Waals surface area contributed by atoms with Crippen LogP contribution in [0.15, 0.2) is 59.0 Å². The van der Waals surface area contributed by atoms with E-state index in [9.17, 15) is 24.3 Å². The number of aliphatic hydroxyl groups is 1. The van der Waals surface area contributed by atoms with E-state index in [0.717, 1.165) is 6.08 Å². The largest absolute Gasteiger partial charge is 0.439 e. The lowest BCUT2D eigenvalue weighted by Gasteiger charge is -2.30. The highest BCUT2D eigenvalue weighted by Crippen LogP contribution is 2.29. The molecule has 6 atom stereocenters. The molecule has 0 saturated carbocycles. The predicted molar refractivity (Wildman–Crippen MR) is 158 cm³/mol. The summed E-state index contributed by atoms with van der Waals surface area (Å²) < 4.78 is 16.7. The summed E-state index contributed by atoms with van der Waals surface area (Å²) >= 11 is 0. The third-order valence-corrected chi connectivity index (χ3v) is 7.54. The Balaban J connectivity index is 2.57. The zero-order valence-electron chi connectivity index (χ0n) is 25.4. The molecule has 0 spiro atoms. The Kier molecular flexibility index (Phi) is 13.4. The van der Waals surface area contributed by atoms with E-state index in [1.165, 1.54) is 14.2 Å². The first-order valence-corrected chi connectivity index (χ1v) is 14.1. The van der Waals surface area contributed by atoms with Crippen LogP contribution in [0.1, 0.15) is 53.4 Å². The normalized spacial score (nSPS) is 31.2. The molecule has 2 rings (SSSR count). The van der Waals surface area contributed by atoms with Crippen molar-refractivity contribution < 1.29 is 38.5 Å².